The van der Waals surface area contributed by atoms with Gasteiger partial charge in [-0.2, -0.15) is 0 Å². The minimum atomic E-state index is 0.414. The van der Waals surface area contributed by atoms with Crippen molar-refractivity contribution in [2.45, 2.75) is 26.6 Å². The van der Waals surface area contributed by atoms with E-state index in [1.54, 1.807) is 4.68 Å². The predicted molar refractivity (Wildman–Crippen MR) is 97.2 cm³/mol. The van der Waals surface area contributed by atoms with Crippen LogP contribution in [0.4, 0.5) is 0 Å². The molecule has 2 aromatic carbocycles. The van der Waals surface area contributed by atoms with E-state index in [1.807, 2.05) is 18.2 Å². The van der Waals surface area contributed by atoms with Crippen molar-refractivity contribution < 1.29 is 4.42 Å². The molecule has 0 spiro atoms. The Kier molecular flexibility index (Phi) is 5.23. The zero-order valence-corrected chi connectivity index (χ0v) is 14.8. The summed E-state index contributed by atoms with van der Waals surface area (Å²) in [6.07, 6.45) is 0.652. The SMILES string of the molecule is Cc1ccccc1CN(C)Cn1nc(Cc2ccccc2)oc1=S. The van der Waals surface area contributed by atoms with Crippen LogP contribution in [0.5, 0.6) is 0 Å². The van der Waals surface area contributed by atoms with Crippen molar-refractivity contribution in [2.24, 2.45) is 0 Å². The van der Waals surface area contributed by atoms with Gasteiger partial charge in [0, 0.05) is 6.54 Å². The van der Waals surface area contributed by atoms with Gasteiger partial charge in [-0.05, 0) is 42.9 Å². The highest BCUT2D eigenvalue weighted by atomic mass is 32.1. The van der Waals surface area contributed by atoms with Gasteiger partial charge in [-0.3, -0.25) is 4.90 Å². The zero-order chi connectivity index (χ0) is 16.9. The number of aryl methyl sites for hydroxylation is 1. The van der Waals surface area contributed by atoms with E-state index in [4.69, 9.17) is 16.6 Å². The zero-order valence-electron chi connectivity index (χ0n) is 14.0. The van der Waals surface area contributed by atoms with Crippen LogP contribution in [-0.2, 0) is 19.6 Å². The van der Waals surface area contributed by atoms with Crippen molar-refractivity contribution >= 4 is 12.2 Å². The number of hydrogen-bond acceptors (Lipinski definition) is 4. The van der Waals surface area contributed by atoms with E-state index in [0.29, 0.717) is 23.8 Å². The lowest BCUT2D eigenvalue weighted by molar-refractivity contribution is 0.240. The van der Waals surface area contributed by atoms with E-state index in [1.165, 1.54) is 11.1 Å². The van der Waals surface area contributed by atoms with Crippen LogP contribution in [0.25, 0.3) is 0 Å². The monoisotopic (exact) mass is 339 g/mol. The number of rotatable bonds is 6. The molecule has 0 saturated heterocycles. The van der Waals surface area contributed by atoms with Gasteiger partial charge < -0.3 is 4.42 Å². The van der Waals surface area contributed by atoms with E-state index >= 15 is 0 Å². The summed E-state index contributed by atoms with van der Waals surface area (Å²) in [5.74, 6) is 0.649. The first-order valence-electron chi connectivity index (χ1n) is 7.95. The highest BCUT2D eigenvalue weighted by Crippen LogP contribution is 2.12. The first-order valence-corrected chi connectivity index (χ1v) is 8.36. The standard InChI is InChI=1S/C19H21N3OS/c1-15-8-6-7-11-17(15)13-21(2)14-22-19(24)23-18(20-22)12-16-9-4-3-5-10-16/h3-11H,12-14H2,1-2H3. The Morgan fingerprint density at radius 2 is 1.79 bits per heavy atom. The van der Waals surface area contributed by atoms with Gasteiger partial charge in [0.25, 0.3) is 4.84 Å². The van der Waals surface area contributed by atoms with Crippen LogP contribution in [0.15, 0.2) is 59.0 Å². The molecule has 3 aromatic rings. The Morgan fingerprint density at radius 3 is 2.54 bits per heavy atom. The minimum Gasteiger partial charge on any atom is -0.414 e. The van der Waals surface area contributed by atoms with Crippen LogP contribution in [-0.4, -0.2) is 21.7 Å². The fourth-order valence-electron chi connectivity index (χ4n) is 2.64. The largest absolute Gasteiger partial charge is 0.414 e. The molecular weight excluding hydrogens is 318 g/mol. The van der Waals surface area contributed by atoms with Gasteiger partial charge >= 0.3 is 0 Å². The lowest BCUT2D eigenvalue weighted by atomic mass is 10.1. The van der Waals surface area contributed by atoms with Crippen molar-refractivity contribution in [2.75, 3.05) is 7.05 Å². The molecule has 24 heavy (non-hydrogen) atoms. The summed E-state index contributed by atoms with van der Waals surface area (Å²) >= 11 is 5.31. The molecule has 0 amide bonds. The van der Waals surface area contributed by atoms with Gasteiger partial charge in [0.05, 0.1) is 13.1 Å². The van der Waals surface area contributed by atoms with Crippen molar-refractivity contribution in [3.63, 3.8) is 0 Å². The lowest BCUT2D eigenvalue weighted by Gasteiger charge is -2.17. The molecule has 0 N–H and O–H groups in total. The Hall–Kier alpha value is -2.24. The molecular formula is C19H21N3OS. The molecule has 3 rings (SSSR count). The Labute approximate surface area is 147 Å². The van der Waals surface area contributed by atoms with Crippen LogP contribution in [0, 0.1) is 11.8 Å². The molecule has 0 aliphatic carbocycles. The Balaban J connectivity index is 1.67. The second kappa shape index (κ2) is 7.55. The second-order valence-electron chi connectivity index (χ2n) is 6.01. The third-order valence-corrected chi connectivity index (χ3v) is 4.22. The fraction of sp³-hybridized carbons (Fsp3) is 0.263. The van der Waals surface area contributed by atoms with Gasteiger partial charge in [0.15, 0.2) is 0 Å². The molecule has 0 radical (unpaired) electrons. The van der Waals surface area contributed by atoms with Gasteiger partial charge in [0.1, 0.15) is 0 Å². The maximum Gasteiger partial charge on any atom is 0.288 e. The summed E-state index contributed by atoms with van der Waals surface area (Å²) in [6, 6.07) is 18.5. The number of nitrogens with zero attached hydrogens (tertiary/aromatic N) is 3. The normalized spacial score (nSPS) is 11.1. The summed E-state index contributed by atoms with van der Waals surface area (Å²) in [5, 5.41) is 4.51. The van der Waals surface area contributed by atoms with Crippen LogP contribution in [0.1, 0.15) is 22.6 Å². The molecule has 1 heterocycles. The van der Waals surface area contributed by atoms with Crippen LogP contribution in [0.2, 0.25) is 0 Å². The molecule has 0 saturated carbocycles. The Bertz CT molecular complexity index is 854. The molecule has 5 heteroatoms. The molecule has 0 unspecified atom stereocenters. The van der Waals surface area contributed by atoms with Crippen LogP contribution < -0.4 is 0 Å². The summed E-state index contributed by atoms with van der Waals surface area (Å²) in [4.78, 5) is 2.59. The fourth-order valence-corrected chi connectivity index (χ4v) is 2.83. The highest BCUT2D eigenvalue weighted by molar-refractivity contribution is 7.71. The topological polar surface area (TPSA) is 34.2 Å². The summed E-state index contributed by atoms with van der Waals surface area (Å²) in [6.45, 7) is 3.57. The van der Waals surface area contributed by atoms with Crippen molar-refractivity contribution in [1.29, 1.82) is 0 Å². The van der Waals surface area contributed by atoms with E-state index in [0.717, 1.165) is 12.1 Å². The molecule has 0 aliphatic heterocycles. The Morgan fingerprint density at radius 1 is 1.08 bits per heavy atom. The summed E-state index contributed by atoms with van der Waals surface area (Å²) in [5.41, 5.74) is 3.76. The third-order valence-electron chi connectivity index (χ3n) is 3.92. The number of hydrogen-bond donors (Lipinski definition) is 0. The maximum absolute atomic E-state index is 5.63. The van der Waals surface area contributed by atoms with E-state index < -0.39 is 0 Å². The lowest BCUT2D eigenvalue weighted by Crippen LogP contribution is -2.23. The molecule has 0 fully saturated rings. The van der Waals surface area contributed by atoms with E-state index in [2.05, 4.69) is 60.4 Å². The van der Waals surface area contributed by atoms with Crippen molar-refractivity contribution in [3.8, 4) is 0 Å². The van der Waals surface area contributed by atoms with E-state index in [-0.39, 0.29) is 0 Å². The molecule has 124 valence electrons. The van der Waals surface area contributed by atoms with Gasteiger partial charge in [-0.1, -0.05) is 54.6 Å². The first kappa shape index (κ1) is 16.6. The smallest absolute Gasteiger partial charge is 0.288 e. The number of aromatic nitrogens is 2. The maximum atomic E-state index is 5.63. The van der Waals surface area contributed by atoms with Crippen molar-refractivity contribution in [3.05, 3.63) is 82.0 Å². The number of benzene rings is 2. The molecule has 1 aromatic heterocycles. The average Bonchev–Trinajstić information content (AvgIpc) is 2.90. The van der Waals surface area contributed by atoms with Crippen LogP contribution in [0.3, 0.4) is 0 Å². The van der Waals surface area contributed by atoms with Crippen LogP contribution >= 0.6 is 12.2 Å². The van der Waals surface area contributed by atoms with Gasteiger partial charge in [0.2, 0.25) is 5.89 Å². The first-order chi connectivity index (χ1) is 11.6. The second-order valence-corrected chi connectivity index (χ2v) is 6.35. The molecule has 4 nitrogen and oxygen atoms in total. The minimum absolute atomic E-state index is 0.414. The van der Waals surface area contributed by atoms with Gasteiger partial charge in [-0.15, -0.1) is 5.10 Å². The quantitative estimate of drug-likeness (QED) is 0.631. The summed E-state index contributed by atoms with van der Waals surface area (Å²) < 4.78 is 7.38. The summed E-state index contributed by atoms with van der Waals surface area (Å²) in [7, 11) is 2.06. The molecule has 0 atom stereocenters. The average molecular weight is 339 g/mol. The predicted octanol–water partition coefficient (Wildman–Crippen LogP) is 4.19. The molecule has 0 aliphatic rings. The third kappa shape index (κ3) is 4.19. The van der Waals surface area contributed by atoms with Crippen molar-refractivity contribution in [1.82, 2.24) is 14.7 Å². The highest BCUT2D eigenvalue weighted by Gasteiger charge is 2.09. The molecule has 0 bridgehead atoms. The van der Waals surface area contributed by atoms with E-state index in [9.17, 15) is 0 Å². The van der Waals surface area contributed by atoms with Gasteiger partial charge in [-0.25, -0.2) is 4.68 Å².